The van der Waals surface area contributed by atoms with Gasteiger partial charge in [0.05, 0.1) is 11.5 Å². The van der Waals surface area contributed by atoms with E-state index in [-0.39, 0.29) is 30.5 Å². The van der Waals surface area contributed by atoms with Gasteiger partial charge in [0.25, 0.3) is 5.91 Å². The fraction of sp³-hybridized carbons (Fsp3) is 0.350. The van der Waals surface area contributed by atoms with Crippen molar-refractivity contribution in [1.82, 2.24) is 9.21 Å². The molecule has 156 valence electrons. The van der Waals surface area contributed by atoms with E-state index in [1.807, 2.05) is 19.1 Å². The van der Waals surface area contributed by atoms with E-state index in [2.05, 4.69) is 0 Å². The Balaban J connectivity index is 1.55. The number of piperazine rings is 1. The van der Waals surface area contributed by atoms with Gasteiger partial charge in [0.2, 0.25) is 10.0 Å². The molecular formula is C20H23ClN2O5S. The van der Waals surface area contributed by atoms with E-state index >= 15 is 0 Å². The third kappa shape index (κ3) is 5.20. The average Bonchev–Trinajstić information content (AvgIpc) is 2.73. The summed E-state index contributed by atoms with van der Waals surface area (Å²) in [5, 5.41) is 0.477. The molecule has 0 bridgehead atoms. The number of sulfonamides is 1. The first-order chi connectivity index (χ1) is 13.9. The van der Waals surface area contributed by atoms with Crippen molar-refractivity contribution >= 4 is 27.5 Å². The van der Waals surface area contributed by atoms with Crippen LogP contribution in [0.3, 0.4) is 0 Å². The van der Waals surface area contributed by atoms with Gasteiger partial charge in [-0.2, -0.15) is 4.31 Å². The molecule has 7 nitrogen and oxygen atoms in total. The molecule has 0 atom stereocenters. The first-order valence-electron chi connectivity index (χ1n) is 9.30. The van der Waals surface area contributed by atoms with E-state index in [9.17, 15) is 13.2 Å². The summed E-state index contributed by atoms with van der Waals surface area (Å²) in [4.78, 5) is 14.3. The van der Waals surface area contributed by atoms with E-state index in [0.717, 1.165) is 0 Å². The van der Waals surface area contributed by atoms with Gasteiger partial charge in [-0.25, -0.2) is 8.42 Å². The molecule has 0 N–H and O–H groups in total. The molecule has 2 aromatic rings. The average molecular weight is 439 g/mol. The minimum Gasteiger partial charge on any atom is -0.490 e. The summed E-state index contributed by atoms with van der Waals surface area (Å²) in [6.07, 6.45) is 0. The van der Waals surface area contributed by atoms with Gasteiger partial charge in [-0.3, -0.25) is 4.79 Å². The summed E-state index contributed by atoms with van der Waals surface area (Å²) in [7, 11) is -3.61. The summed E-state index contributed by atoms with van der Waals surface area (Å²) in [5.74, 6) is 0.896. The van der Waals surface area contributed by atoms with Gasteiger partial charge in [0.1, 0.15) is 0 Å². The van der Waals surface area contributed by atoms with Crippen molar-refractivity contribution in [2.24, 2.45) is 0 Å². The van der Waals surface area contributed by atoms with Crippen LogP contribution in [-0.2, 0) is 14.8 Å². The van der Waals surface area contributed by atoms with Crippen LogP contribution in [0.25, 0.3) is 0 Å². The van der Waals surface area contributed by atoms with E-state index in [4.69, 9.17) is 21.1 Å². The smallest absolute Gasteiger partial charge is 0.260 e. The fourth-order valence-electron chi connectivity index (χ4n) is 3.01. The van der Waals surface area contributed by atoms with Crippen molar-refractivity contribution in [2.45, 2.75) is 11.8 Å². The molecule has 1 aliphatic heterocycles. The molecule has 3 rings (SSSR count). The molecule has 0 aliphatic carbocycles. The lowest BCUT2D eigenvalue weighted by molar-refractivity contribution is -0.134. The number of halogens is 1. The number of hydrogen-bond acceptors (Lipinski definition) is 5. The molecule has 2 aromatic carbocycles. The van der Waals surface area contributed by atoms with Gasteiger partial charge in [-0.15, -0.1) is 0 Å². The van der Waals surface area contributed by atoms with Crippen molar-refractivity contribution in [2.75, 3.05) is 39.4 Å². The third-order valence-electron chi connectivity index (χ3n) is 4.54. The van der Waals surface area contributed by atoms with Crippen LogP contribution in [0.1, 0.15) is 6.92 Å². The van der Waals surface area contributed by atoms with E-state index < -0.39 is 10.0 Å². The van der Waals surface area contributed by atoms with Gasteiger partial charge in [-0.1, -0.05) is 23.7 Å². The molecule has 1 fully saturated rings. The maximum atomic E-state index is 12.7. The van der Waals surface area contributed by atoms with Crippen LogP contribution in [0.4, 0.5) is 0 Å². The molecule has 1 heterocycles. The van der Waals surface area contributed by atoms with E-state index in [1.165, 1.54) is 16.4 Å². The molecule has 0 aromatic heterocycles. The predicted octanol–water partition coefficient (Wildman–Crippen LogP) is 2.65. The second-order valence-electron chi connectivity index (χ2n) is 6.41. The monoisotopic (exact) mass is 438 g/mol. The number of rotatable bonds is 7. The number of carbonyl (C=O) groups excluding carboxylic acids is 1. The fourth-order valence-corrected chi connectivity index (χ4v) is 4.56. The zero-order valence-corrected chi connectivity index (χ0v) is 17.7. The third-order valence-corrected chi connectivity index (χ3v) is 6.71. The summed E-state index contributed by atoms with van der Waals surface area (Å²) < 4.78 is 37.9. The van der Waals surface area contributed by atoms with Gasteiger partial charge in [-0.05, 0) is 43.3 Å². The zero-order chi connectivity index (χ0) is 20.9. The Hall–Kier alpha value is -2.29. The standard InChI is InChI=1S/C20H23ClN2O5S/c1-2-27-18-5-3-4-6-19(18)28-15-20(24)22-11-13-23(14-12-22)29(25,26)17-9-7-16(21)8-10-17/h3-10H,2,11-15H2,1H3. The highest BCUT2D eigenvalue weighted by molar-refractivity contribution is 7.89. The molecule has 0 unspecified atom stereocenters. The largest absolute Gasteiger partial charge is 0.490 e. The number of carbonyl (C=O) groups is 1. The Kier molecular flexibility index (Phi) is 7.00. The molecule has 0 radical (unpaired) electrons. The number of para-hydroxylation sites is 2. The summed E-state index contributed by atoms with van der Waals surface area (Å²) in [6.45, 7) is 3.31. The quantitative estimate of drug-likeness (QED) is 0.664. The molecule has 1 aliphatic rings. The first-order valence-corrected chi connectivity index (χ1v) is 11.1. The van der Waals surface area contributed by atoms with E-state index in [0.29, 0.717) is 36.2 Å². The minimum atomic E-state index is -3.61. The van der Waals surface area contributed by atoms with Crippen LogP contribution in [0.15, 0.2) is 53.4 Å². The van der Waals surface area contributed by atoms with Crippen LogP contribution in [0.5, 0.6) is 11.5 Å². The summed E-state index contributed by atoms with van der Waals surface area (Å²) >= 11 is 5.83. The molecular weight excluding hydrogens is 416 g/mol. The van der Waals surface area contributed by atoms with Gasteiger partial charge >= 0.3 is 0 Å². The molecule has 1 amide bonds. The summed E-state index contributed by atoms with van der Waals surface area (Å²) in [5.41, 5.74) is 0. The van der Waals surface area contributed by atoms with Gasteiger partial charge in [0, 0.05) is 31.2 Å². The van der Waals surface area contributed by atoms with Gasteiger partial charge in [0.15, 0.2) is 18.1 Å². The predicted molar refractivity (Wildman–Crippen MR) is 110 cm³/mol. The topological polar surface area (TPSA) is 76.2 Å². The lowest BCUT2D eigenvalue weighted by atomic mass is 10.3. The Morgan fingerprint density at radius 1 is 0.966 bits per heavy atom. The molecule has 29 heavy (non-hydrogen) atoms. The number of hydrogen-bond donors (Lipinski definition) is 0. The maximum Gasteiger partial charge on any atom is 0.260 e. The number of ether oxygens (including phenoxy) is 2. The van der Waals surface area contributed by atoms with Crippen molar-refractivity contribution in [3.63, 3.8) is 0 Å². The van der Waals surface area contributed by atoms with Gasteiger partial charge < -0.3 is 14.4 Å². The lowest BCUT2D eigenvalue weighted by Crippen LogP contribution is -2.51. The molecule has 0 spiro atoms. The number of nitrogens with zero attached hydrogens (tertiary/aromatic N) is 2. The Labute approximate surface area is 175 Å². The maximum absolute atomic E-state index is 12.7. The SMILES string of the molecule is CCOc1ccccc1OCC(=O)N1CCN(S(=O)(=O)c2ccc(Cl)cc2)CC1. The highest BCUT2D eigenvalue weighted by Gasteiger charge is 2.30. The lowest BCUT2D eigenvalue weighted by Gasteiger charge is -2.34. The molecule has 9 heteroatoms. The normalized spacial score (nSPS) is 15.2. The van der Waals surface area contributed by atoms with Crippen molar-refractivity contribution in [3.8, 4) is 11.5 Å². The van der Waals surface area contributed by atoms with Crippen molar-refractivity contribution in [3.05, 3.63) is 53.6 Å². The van der Waals surface area contributed by atoms with Crippen LogP contribution < -0.4 is 9.47 Å². The summed E-state index contributed by atoms with van der Waals surface area (Å²) in [6, 6.07) is 13.2. The second-order valence-corrected chi connectivity index (χ2v) is 8.78. The molecule has 0 saturated carbocycles. The van der Waals surface area contributed by atoms with Crippen LogP contribution in [-0.4, -0.2) is 62.9 Å². The minimum absolute atomic E-state index is 0.131. The van der Waals surface area contributed by atoms with Crippen LogP contribution in [0.2, 0.25) is 5.02 Å². The van der Waals surface area contributed by atoms with Crippen molar-refractivity contribution < 1.29 is 22.7 Å². The number of benzene rings is 2. The Morgan fingerprint density at radius 3 is 2.14 bits per heavy atom. The first kappa shape index (κ1) is 21.4. The highest BCUT2D eigenvalue weighted by Crippen LogP contribution is 2.26. The Bertz CT molecular complexity index is 942. The number of amides is 1. The molecule has 1 saturated heterocycles. The van der Waals surface area contributed by atoms with Crippen LogP contribution in [0, 0.1) is 0 Å². The zero-order valence-electron chi connectivity index (χ0n) is 16.1. The van der Waals surface area contributed by atoms with Crippen molar-refractivity contribution in [1.29, 1.82) is 0 Å². The Morgan fingerprint density at radius 2 is 1.55 bits per heavy atom. The van der Waals surface area contributed by atoms with E-state index in [1.54, 1.807) is 29.2 Å². The highest BCUT2D eigenvalue weighted by atomic mass is 35.5. The second kappa shape index (κ2) is 9.47. The van der Waals surface area contributed by atoms with Crippen LogP contribution >= 0.6 is 11.6 Å².